The normalized spacial score (nSPS) is 13.6. The van der Waals surface area contributed by atoms with Crippen LogP contribution in [0.2, 0.25) is 0 Å². The standard InChI is InChI=1S/C19H26N4O2S/c1-3-4-11-23-18(15-7-9-16(25-2)10-8-15)21-22-19(23)26-13-17(24)20-12-14-5-6-14/h7-10,14H,3-6,11-13H2,1-2H3,(H,20,24). The Balaban J connectivity index is 1.69. The predicted molar refractivity (Wildman–Crippen MR) is 103 cm³/mol. The van der Waals surface area contributed by atoms with Gasteiger partial charge in [-0.25, -0.2) is 0 Å². The number of amides is 1. The summed E-state index contributed by atoms with van der Waals surface area (Å²) >= 11 is 1.45. The summed E-state index contributed by atoms with van der Waals surface area (Å²) < 4.78 is 7.34. The third kappa shape index (κ3) is 5.00. The third-order valence-electron chi connectivity index (χ3n) is 4.42. The molecule has 3 rings (SSSR count). The van der Waals surface area contributed by atoms with Crippen molar-refractivity contribution in [2.75, 3.05) is 19.4 Å². The van der Waals surface area contributed by atoms with Crippen LogP contribution in [0.1, 0.15) is 32.6 Å². The van der Waals surface area contributed by atoms with Gasteiger partial charge in [0.2, 0.25) is 5.91 Å². The van der Waals surface area contributed by atoms with Crippen LogP contribution in [0.4, 0.5) is 0 Å². The first-order valence-electron chi connectivity index (χ1n) is 9.18. The molecule has 2 aromatic rings. The average molecular weight is 375 g/mol. The van der Waals surface area contributed by atoms with E-state index >= 15 is 0 Å². The predicted octanol–water partition coefficient (Wildman–Crippen LogP) is 3.37. The largest absolute Gasteiger partial charge is 0.497 e. The second-order valence-corrected chi connectivity index (χ2v) is 7.52. The molecule has 0 spiro atoms. The van der Waals surface area contributed by atoms with Crippen LogP contribution in [0.5, 0.6) is 5.75 Å². The fourth-order valence-electron chi connectivity index (χ4n) is 2.63. The number of unbranched alkanes of at least 4 members (excludes halogenated alkanes) is 1. The lowest BCUT2D eigenvalue weighted by atomic mass is 10.2. The highest BCUT2D eigenvalue weighted by Gasteiger charge is 2.22. The number of hydrogen-bond acceptors (Lipinski definition) is 5. The van der Waals surface area contributed by atoms with Gasteiger partial charge in [0.15, 0.2) is 11.0 Å². The molecule has 1 aromatic carbocycles. The van der Waals surface area contributed by atoms with E-state index in [0.29, 0.717) is 11.7 Å². The van der Waals surface area contributed by atoms with Gasteiger partial charge in [-0.15, -0.1) is 10.2 Å². The van der Waals surface area contributed by atoms with Crippen molar-refractivity contribution in [3.05, 3.63) is 24.3 Å². The fourth-order valence-corrected chi connectivity index (χ4v) is 3.42. The molecule has 1 aliphatic rings. The minimum Gasteiger partial charge on any atom is -0.497 e. The van der Waals surface area contributed by atoms with E-state index in [0.717, 1.165) is 48.2 Å². The number of methoxy groups -OCH3 is 1. The van der Waals surface area contributed by atoms with Crippen molar-refractivity contribution in [3.63, 3.8) is 0 Å². The molecule has 1 N–H and O–H groups in total. The van der Waals surface area contributed by atoms with Crippen LogP contribution < -0.4 is 10.1 Å². The van der Waals surface area contributed by atoms with Crippen molar-refractivity contribution < 1.29 is 9.53 Å². The molecule has 1 aliphatic carbocycles. The number of benzene rings is 1. The molecule has 1 amide bonds. The number of ether oxygens (including phenoxy) is 1. The molecule has 0 aliphatic heterocycles. The van der Waals surface area contributed by atoms with Crippen molar-refractivity contribution in [1.82, 2.24) is 20.1 Å². The van der Waals surface area contributed by atoms with Gasteiger partial charge >= 0.3 is 0 Å². The molecule has 0 atom stereocenters. The van der Waals surface area contributed by atoms with Crippen molar-refractivity contribution in [2.45, 2.75) is 44.3 Å². The fraction of sp³-hybridized carbons (Fsp3) is 0.526. The summed E-state index contributed by atoms with van der Waals surface area (Å²) in [6.07, 6.45) is 4.61. The molecule has 0 saturated heterocycles. The molecule has 0 bridgehead atoms. The van der Waals surface area contributed by atoms with Gasteiger partial charge in [0, 0.05) is 18.7 Å². The summed E-state index contributed by atoms with van der Waals surface area (Å²) in [7, 11) is 1.65. The highest BCUT2D eigenvalue weighted by molar-refractivity contribution is 7.99. The van der Waals surface area contributed by atoms with Crippen molar-refractivity contribution in [2.24, 2.45) is 5.92 Å². The Hall–Kier alpha value is -2.02. The first kappa shape index (κ1) is 18.8. The molecule has 7 heteroatoms. The second-order valence-electron chi connectivity index (χ2n) is 6.58. The Morgan fingerprint density at radius 2 is 2.08 bits per heavy atom. The zero-order valence-corrected chi connectivity index (χ0v) is 16.2. The Morgan fingerprint density at radius 1 is 1.31 bits per heavy atom. The van der Waals surface area contributed by atoms with E-state index in [1.165, 1.54) is 24.6 Å². The molecule has 6 nitrogen and oxygen atoms in total. The summed E-state index contributed by atoms with van der Waals surface area (Å²) in [6.45, 7) is 3.81. The topological polar surface area (TPSA) is 69.0 Å². The van der Waals surface area contributed by atoms with Gasteiger partial charge in [0.1, 0.15) is 5.75 Å². The minimum atomic E-state index is 0.0675. The van der Waals surface area contributed by atoms with Crippen LogP contribution in [-0.2, 0) is 11.3 Å². The number of nitrogens with one attached hydrogen (secondary N) is 1. The van der Waals surface area contributed by atoms with Gasteiger partial charge in [0.05, 0.1) is 12.9 Å². The molecule has 0 unspecified atom stereocenters. The van der Waals surface area contributed by atoms with Gasteiger partial charge in [0.25, 0.3) is 0 Å². The summed E-state index contributed by atoms with van der Waals surface area (Å²) in [4.78, 5) is 12.0. The Morgan fingerprint density at radius 3 is 2.73 bits per heavy atom. The van der Waals surface area contributed by atoms with Gasteiger partial charge in [-0.2, -0.15) is 0 Å². The van der Waals surface area contributed by atoms with Crippen molar-refractivity contribution in [3.8, 4) is 17.1 Å². The number of carbonyl (C=O) groups is 1. The van der Waals surface area contributed by atoms with Gasteiger partial charge in [-0.05, 0) is 49.4 Å². The van der Waals surface area contributed by atoms with Crippen LogP contribution in [-0.4, -0.2) is 40.1 Å². The summed E-state index contributed by atoms with van der Waals surface area (Å²) in [5, 5.41) is 12.5. The van der Waals surface area contributed by atoms with Gasteiger partial charge in [-0.3, -0.25) is 4.79 Å². The van der Waals surface area contributed by atoms with Crippen molar-refractivity contribution in [1.29, 1.82) is 0 Å². The minimum absolute atomic E-state index is 0.0675. The number of nitrogens with zero attached hydrogens (tertiary/aromatic N) is 3. The van der Waals surface area contributed by atoms with E-state index in [4.69, 9.17) is 4.74 Å². The van der Waals surface area contributed by atoms with E-state index in [-0.39, 0.29) is 5.91 Å². The second kappa shape index (κ2) is 9.07. The van der Waals surface area contributed by atoms with Crippen LogP contribution in [0, 0.1) is 5.92 Å². The highest BCUT2D eigenvalue weighted by atomic mass is 32.2. The van der Waals surface area contributed by atoms with E-state index in [2.05, 4.69) is 27.0 Å². The zero-order valence-electron chi connectivity index (χ0n) is 15.4. The maximum absolute atomic E-state index is 12.0. The van der Waals surface area contributed by atoms with E-state index < -0.39 is 0 Å². The van der Waals surface area contributed by atoms with E-state index in [1.807, 2.05) is 24.3 Å². The lowest BCUT2D eigenvalue weighted by Crippen LogP contribution is -2.27. The smallest absolute Gasteiger partial charge is 0.230 e. The van der Waals surface area contributed by atoms with Gasteiger partial charge < -0.3 is 14.6 Å². The lowest BCUT2D eigenvalue weighted by Gasteiger charge is -2.10. The van der Waals surface area contributed by atoms with Crippen LogP contribution in [0.15, 0.2) is 29.4 Å². The molecular weight excluding hydrogens is 348 g/mol. The first-order valence-corrected chi connectivity index (χ1v) is 10.2. The highest BCUT2D eigenvalue weighted by Crippen LogP contribution is 2.28. The van der Waals surface area contributed by atoms with Crippen LogP contribution in [0.3, 0.4) is 0 Å². The quantitative estimate of drug-likeness (QED) is 0.646. The number of rotatable bonds is 10. The number of thioether (sulfide) groups is 1. The Kier molecular flexibility index (Phi) is 6.55. The molecule has 0 radical (unpaired) electrons. The molecule has 1 heterocycles. The molecule has 1 aromatic heterocycles. The average Bonchev–Trinajstić information content (AvgIpc) is 3.42. The van der Waals surface area contributed by atoms with E-state index in [9.17, 15) is 4.79 Å². The Labute approximate surface area is 158 Å². The number of carbonyl (C=O) groups excluding carboxylic acids is 1. The molecule has 140 valence electrons. The molecule has 26 heavy (non-hydrogen) atoms. The molecular formula is C19H26N4O2S. The maximum atomic E-state index is 12.0. The van der Waals surface area contributed by atoms with Gasteiger partial charge in [-0.1, -0.05) is 25.1 Å². The Bertz CT molecular complexity index is 726. The number of aromatic nitrogens is 3. The first-order chi connectivity index (χ1) is 12.7. The summed E-state index contributed by atoms with van der Waals surface area (Å²) in [5.74, 6) is 2.79. The lowest BCUT2D eigenvalue weighted by molar-refractivity contribution is -0.118. The van der Waals surface area contributed by atoms with Crippen LogP contribution >= 0.6 is 11.8 Å². The summed E-state index contributed by atoms with van der Waals surface area (Å²) in [5.41, 5.74) is 0.999. The number of hydrogen-bond donors (Lipinski definition) is 1. The molecule has 1 fully saturated rings. The zero-order chi connectivity index (χ0) is 18.4. The SMILES string of the molecule is CCCCn1c(SCC(=O)NCC2CC2)nnc1-c1ccc(OC)cc1. The summed E-state index contributed by atoms with van der Waals surface area (Å²) in [6, 6.07) is 7.82. The maximum Gasteiger partial charge on any atom is 0.230 e. The van der Waals surface area contributed by atoms with Crippen molar-refractivity contribution >= 4 is 17.7 Å². The van der Waals surface area contributed by atoms with E-state index in [1.54, 1.807) is 7.11 Å². The third-order valence-corrected chi connectivity index (χ3v) is 5.38. The molecule has 1 saturated carbocycles. The van der Waals surface area contributed by atoms with Crippen LogP contribution in [0.25, 0.3) is 11.4 Å². The monoisotopic (exact) mass is 374 g/mol.